The zero-order valence-corrected chi connectivity index (χ0v) is 11.5. The zero-order chi connectivity index (χ0) is 13.8. The van der Waals surface area contributed by atoms with Crippen LogP contribution in [0.3, 0.4) is 0 Å². The number of nitrogens with zero attached hydrogens (tertiary/aromatic N) is 2. The van der Waals surface area contributed by atoms with E-state index in [0.717, 1.165) is 31.5 Å². The van der Waals surface area contributed by atoms with Gasteiger partial charge in [-0.25, -0.2) is 0 Å². The summed E-state index contributed by atoms with van der Waals surface area (Å²) < 4.78 is 0. The zero-order valence-electron chi connectivity index (χ0n) is 11.5. The molecule has 19 heavy (non-hydrogen) atoms. The van der Waals surface area contributed by atoms with Crippen molar-refractivity contribution < 1.29 is 4.92 Å². The number of nitro benzene ring substituents is 1. The van der Waals surface area contributed by atoms with E-state index in [1.54, 1.807) is 12.1 Å². The minimum Gasteiger partial charge on any atom is -0.302 e. The van der Waals surface area contributed by atoms with E-state index in [2.05, 4.69) is 24.9 Å². The first-order valence-electron chi connectivity index (χ1n) is 6.67. The molecule has 1 atom stereocenters. The molecule has 0 N–H and O–H groups in total. The lowest BCUT2D eigenvalue weighted by molar-refractivity contribution is -0.384. The van der Waals surface area contributed by atoms with Crippen LogP contribution < -0.4 is 0 Å². The Morgan fingerprint density at radius 3 is 2.58 bits per heavy atom. The molecule has 102 valence electrons. The second-order valence-corrected chi connectivity index (χ2v) is 5.32. The number of benzene rings is 1. The van der Waals surface area contributed by atoms with Crippen LogP contribution in [0.4, 0.5) is 5.69 Å². The summed E-state index contributed by atoms with van der Waals surface area (Å²) in [5, 5.41) is 10.6. The molecule has 0 aliphatic carbocycles. The van der Waals surface area contributed by atoms with E-state index in [9.17, 15) is 10.1 Å². The Hall–Kier alpha value is -1.68. The molecular formula is C15H20N2O2. The molecule has 0 saturated heterocycles. The number of nitro groups is 1. The minimum atomic E-state index is -0.354. The molecular weight excluding hydrogens is 240 g/mol. The summed E-state index contributed by atoms with van der Waals surface area (Å²) in [6, 6.07) is 6.91. The standard InChI is InChI=1S/C15H20N2O2/c1-12(14-7-9-16(2)10-8-14)11-13-3-5-15(6-4-13)17(18)19/h3-7,12H,8-11H2,1-2H3. The smallest absolute Gasteiger partial charge is 0.269 e. The van der Waals surface area contributed by atoms with Gasteiger partial charge in [-0.3, -0.25) is 10.1 Å². The lowest BCUT2D eigenvalue weighted by Crippen LogP contribution is -2.26. The normalized spacial score (nSPS) is 17.9. The molecule has 1 unspecified atom stereocenters. The molecule has 4 heteroatoms. The molecule has 0 spiro atoms. The molecule has 1 aromatic rings. The van der Waals surface area contributed by atoms with Crippen LogP contribution in [0.15, 0.2) is 35.9 Å². The largest absolute Gasteiger partial charge is 0.302 e. The van der Waals surface area contributed by atoms with Crippen molar-refractivity contribution >= 4 is 5.69 Å². The predicted molar refractivity (Wildman–Crippen MR) is 76.2 cm³/mol. The van der Waals surface area contributed by atoms with Crippen LogP contribution >= 0.6 is 0 Å². The molecule has 2 rings (SSSR count). The first-order chi connectivity index (χ1) is 9.06. The van der Waals surface area contributed by atoms with Gasteiger partial charge in [0, 0.05) is 25.2 Å². The highest BCUT2D eigenvalue weighted by atomic mass is 16.6. The van der Waals surface area contributed by atoms with Crippen LogP contribution in [0.25, 0.3) is 0 Å². The van der Waals surface area contributed by atoms with E-state index in [0.29, 0.717) is 5.92 Å². The van der Waals surface area contributed by atoms with Gasteiger partial charge in [-0.2, -0.15) is 0 Å². The second kappa shape index (κ2) is 5.97. The van der Waals surface area contributed by atoms with Crippen molar-refractivity contribution in [2.75, 3.05) is 20.1 Å². The maximum atomic E-state index is 10.6. The van der Waals surface area contributed by atoms with E-state index in [4.69, 9.17) is 0 Å². The SMILES string of the molecule is CC(Cc1ccc([N+](=O)[O-])cc1)C1=CCN(C)CC1. The van der Waals surface area contributed by atoms with Gasteiger partial charge in [-0.05, 0) is 31.4 Å². The summed E-state index contributed by atoms with van der Waals surface area (Å²) in [6.07, 6.45) is 4.40. The fourth-order valence-electron chi connectivity index (χ4n) is 2.47. The lowest BCUT2D eigenvalue weighted by Gasteiger charge is -2.25. The van der Waals surface area contributed by atoms with Crippen LogP contribution in [0.2, 0.25) is 0 Å². The molecule has 0 radical (unpaired) electrons. The Labute approximate surface area is 113 Å². The molecule has 1 aromatic carbocycles. The Balaban J connectivity index is 1.98. The van der Waals surface area contributed by atoms with Gasteiger partial charge in [0.25, 0.3) is 5.69 Å². The molecule has 1 aliphatic rings. The summed E-state index contributed by atoms with van der Waals surface area (Å²) >= 11 is 0. The third-order valence-corrected chi connectivity index (χ3v) is 3.77. The Morgan fingerprint density at radius 1 is 1.37 bits per heavy atom. The first kappa shape index (κ1) is 13.7. The van der Waals surface area contributed by atoms with Crippen LogP contribution in [0, 0.1) is 16.0 Å². The highest BCUT2D eigenvalue weighted by molar-refractivity contribution is 5.33. The van der Waals surface area contributed by atoms with Crippen LogP contribution in [0.5, 0.6) is 0 Å². The summed E-state index contributed by atoms with van der Waals surface area (Å²) in [7, 11) is 2.13. The third kappa shape index (κ3) is 3.64. The molecule has 0 bridgehead atoms. The van der Waals surface area contributed by atoms with Crippen molar-refractivity contribution in [3.8, 4) is 0 Å². The van der Waals surface area contributed by atoms with Gasteiger partial charge in [0.1, 0.15) is 0 Å². The van der Waals surface area contributed by atoms with Crippen molar-refractivity contribution in [3.63, 3.8) is 0 Å². The van der Waals surface area contributed by atoms with E-state index in [-0.39, 0.29) is 10.6 Å². The van der Waals surface area contributed by atoms with E-state index in [1.165, 1.54) is 5.57 Å². The van der Waals surface area contributed by atoms with Crippen molar-refractivity contribution in [1.29, 1.82) is 0 Å². The summed E-state index contributed by atoms with van der Waals surface area (Å²) in [4.78, 5) is 12.6. The van der Waals surface area contributed by atoms with Gasteiger partial charge in [0.2, 0.25) is 0 Å². The van der Waals surface area contributed by atoms with Gasteiger partial charge in [-0.1, -0.05) is 30.7 Å². The summed E-state index contributed by atoms with van der Waals surface area (Å²) in [5.74, 6) is 0.509. The fraction of sp³-hybridized carbons (Fsp3) is 0.467. The van der Waals surface area contributed by atoms with Crippen molar-refractivity contribution in [2.45, 2.75) is 19.8 Å². The van der Waals surface area contributed by atoms with E-state index >= 15 is 0 Å². The molecule has 0 fully saturated rings. The highest BCUT2D eigenvalue weighted by Crippen LogP contribution is 2.23. The molecule has 0 amide bonds. The first-order valence-corrected chi connectivity index (χ1v) is 6.67. The van der Waals surface area contributed by atoms with E-state index in [1.807, 2.05) is 12.1 Å². The molecule has 0 saturated carbocycles. The maximum Gasteiger partial charge on any atom is 0.269 e. The minimum absolute atomic E-state index is 0.162. The second-order valence-electron chi connectivity index (χ2n) is 5.32. The van der Waals surface area contributed by atoms with E-state index < -0.39 is 0 Å². The van der Waals surface area contributed by atoms with Gasteiger partial charge < -0.3 is 4.90 Å². The summed E-state index contributed by atoms with van der Waals surface area (Å²) in [5.41, 5.74) is 2.84. The third-order valence-electron chi connectivity index (χ3n) is 3.77. The average molecular weight is 260 g/mol. The monoisotopic (exact) mass is 260 g/mol. The highest BCUT2D eigenvalue weighted by Gasteiger charge is 2.14. The average Bonchev–Trinajstić information content (AvgIpc) is 2.40. The molecule has 4 nitrogen and oxygen atoms in total. The Kier molecular flexibility index (Phi) is 4.32. The number of hydrogen-bond acceptors (Lipinski definition) is 3. The van der Waals surface area contributed by atoms with Crippen LogP contribution in [0.1, 0.15) is 18.9 Å². The fourth-order valence-corrected chi connectivity index (χ4v) is 2.47. The number of rotatable bonds is 4. The maximum absolute atomic E-state index is 10.6. The summed E-state index contributed by atoms with van der Waals surface area (Å²) in [6.45, 7) is 4.38. The van der Waals surface area contributed by atoms with Gasteiger partial charge >= 0.3 is 0 Å². The number of hydrogen-bond donors (Lipinski definition) is 0. The van der Waals surface area contributed by atoms with Gasteiger partial charge in [0.05, 0.1) is 4.92 Å². The van der Waals surface area contributed by atoms with Gasteiger partial charge in [-0.15, -0.1) is 0 Å². The molecule has 0 aromatic heterocycles. The topological polar surface area (TPSA) is 46.4 Å². The van der Waals surface area contributed by atoms with Crippen molar-refractivity contribution in [3.05, 3.63) is 51.6 Å². The van der Waals surface area contributed by atoms with Crippen molar-refractivity contribution in [2.24, 2.45) is 5.92 Å². The Morgan fingerprint density at radius 2 is 2.05 bits per heavy atom. The number of likely N-dealkylation sites (N-methyl/N-ethyl adjacent to an activating group) is 1. The Bertz CT molecular complexity index is 479. The molecule has 1 heterocycles. The molecule has 1 aliphatic heterocycles. The lowest BCUT2D eigenvalue weighted by atomic mass is 9.90. The quantitative estimate of drug-likeness (QED) is 0.475. The number of non-ortho nitro benzene ring substituents is 1. The van der Waals surface area contributed by atoms with Crippen LogP contribution in [-0.2, 0) is 6.42 Å². The van der Waals surface area contributed by atoms with Crippen molar-refractivity contribution in [1.82, 2.24) is 4.90 Å². The predicted octanol–water partition coefficient (Wildman–Crippen LogP) is 3.04. The van der Waals surface area contributed by atoms with Gasteiger partial charge in [0.15, 0.2) is 0 Å². The van der Waals surface area contributed by atoms with Crippen LogP contribution in [-0.4, -0.2) is 30.0 Å².